The summed E-state index contributed by atoms with van der Waals surface area (Å²) < 4.78 is 18.4. The highest BCUT2D eigenvalue weighted by Crippen LogP contribution is 2.20. The summed E-state index contributed by atoms with van der Waals surface area (Å²) in [4.78, 5) is 16.2. The lowest BCUT2D eigenvalue weighted by molar-refractivity contribution is -0.116. The number of nitrogens with zero attached hydrogens (tertiary/aromatic N) is 1. The Kier molecular flexibility index (Phi) is 4.70. The third kappa shape index (κ3) is 4.07. The molecule has 0 aliphatic carbocycles. The van der Waals surface area contributed by atoms with Crippen LogP contribution >= 0.6 is 0 Å². The van der Waals surface area contributed by atoms with Crippen molar-refractivity contribution < 1.29 is 13.6 Å². The molecule has 122 valence electrons. The minimum atomic E-state index is -0.276. The van der Waals surface area contributed by atoms with E-state index in [1.165, 1.54) is 12.1 Å². The normalized spacial score (nSPS) is 10.6. The first-order chi connectivity index (χ1) is 11.6. The van der Waals surface area contributed by atoms with Gasteiger partial charge in [0.2, 0.25) is 5.91 Å². The maximum Gasteiger partial charge on any atom is 0.225 e. The van der Waals surface area contributed by atoms with E-state index in [9.17, 15) is 9.18 Å². The number of benzene rings is 1. The van der Waals surface area contributed by atoms with E-state index in [0.717, 1.165) is 22.6 Å². The molecule has 5 heteroatoms. The summed E-state index contributed by atoms with van der Waals surface area (Å²) in [5, 5.41) is 2.76. The van der Waals surface area contributed by atoms with Crippen LogP contribution in [0.1, 0.15) is 17.9 Å². The number of aromatic nitrogens is 1. The van der Waals surface area contributed by atoms with Gasteiger partial charge in [0.25, 0.3) is 0 Å². The summed E-state index contributed by atoms with van der Waals surface area (Å²) in [5.41, 5.74) is 1.73. The van der Waals surface area contributed by atoms with Crippen molar-refractivity contribution in [3.05, 3.63) is 72.1 Å². The van der Waals surface area contributed by atoms with Crippen molar-refractivity contribution in [2.45, 2.75) is 19.8 Å². The number of furan rings is 1. The summed E-state index contributed by atoms with van der Waals surface area (Å²) in [5.74, 6) is 1.72. The maximum atomic E-state index is 12.9. The number of carbonyl (C=O) groups is 1. The van der Waals surface area contributed by atoms with Crippen molar-refractivity contribution in [3.8, 4) is 11.1 Å². The zero-order chi connectivity index (χ0) is 16.9. The minimum Gasteiger partial charge on any atom is -0.466 e. The molecule has 0 spiro atoms. The summed E-state index contributed by atoms with van der Waals surface area (Å²) in [7, 11) is 0. The summed E-state index contributed by atoms with van der Waals surface area (Å²) in [6.07, 6.45) is 2.53. The number of nitrogens with one attached hydrogen (secondary N) is 1. The molecule has 1 N–H and O–H groups in total. The molecule has 0 aliphatic heterocycles. The molecule has 0 bridgehead atoms. The number of hydrogen-bond donors (Lipinski definition) is 1. The van der Waals surface area contributed by atoms with E-state index in [4.69, 9.17) is 4.42 Å². The van der Waals surface area contributed by atoms with Gasteiger partial charge in [-0.1, -0.05) is 12.1 Å². The second kappa shape index (κ2) is 7.08. The van der Waals surface area contributed by atoms with Gasteiger partial charge in [-0.15, -0.1) is 0 Å². The van der Waals surface area contributed by atoms with Gasteiger partial charge in [0.1, 0.15) is 23.2 Å². The van der Waals surface area contributed by atoms with Crippen molar-refractivity contribution in [2.75, 3.05) is 5.32 Å². The van der Waals surface area contributed by atoms with Crippen molar-refractivity contribution in [1.82, 2.24) is 4.98 Å². The van der Waals surface area contributed by atoms with Crippen LogP contribution in [-0.4, -0.2) is 10.9 Å². The Balaban J connectivity index is 1.57. The van der Waals surface area contributed by atoms with Gasteiger partial charge in [-0.25, -0.2) is 9.37 Å². The zero-order valence-electron chi connectivity index (χ0n) is 13.3. The Bertz CT molecular complexity index is 823. The maximum absolute atomic E-state index is 12.9. The number of rotatable bonds is 5. The first-order valence-electron chi connectivity index (χ1n) is 7.67. The quantitative estimate of drug-likeness (QED) is 0.758. The van der Waals surface area contributed by atoms with Crippen LogP contribution < -0.4 is 5.32 Å². The molecule has 3 rings (SSSR count). The Labute approximate surface area is 139 Å². The molecule has 3 aromatic rings. The fourth-order valence-corrected chi connectivity index (χ4v) is 2.34. The molecule has 0 aliphatic rings. The van der Waals surface area contributed by atoms with Gasteiger partial charge in [0.15, 0.2) is 0 Å². The van der Waals surface area contributed by atoms with E-state index in [1.807, 2.05) is 25.1 Å². The fourth-order valence-electron chi connectivity index (χ4n) is 2.34. The largest absolute Gasteiger partial charge is 0.466 e. The lowest BCUT2D eigenvalue weighted by atomic mass is 10.1. The monoisotopic (exact) mass is 324 g/mol. The van der Waals surface area contributed by atoms with Crippen LogP contribution in [0.15, 0.2) is 59.1 Å². The number of anilines is 1. The van der Waals surface area contributed by atoms with Gasteiger partial charge in [-0.05, 0) is 48.9 Å². The molecule has 4 nitrogen and oxygen atoms in total. The molecule has 24 heavy (non-hydrogen) atoms. The molecule has 2 aromatic heterocycles. The molecule has 0 fully saturated rings. The minimum absolute atomic E-state index is 0.119. The number of hydrogen-bond acceptors (Lipinski definition) is 3. The lowest BCUT2D eigenvalue weighted by Crippen LogP contribution is -2.13. The Morgan fingerprint density at radius 2 is 1.83 bits per heavy atom. The van der Waals surface area contributed by atoms with Gasteiger partial charge in [-0.3, -0.25) is 4.79 Å². The van der Waals surface area contributed by atoms with Crippen LogP contribution in [0.2, 0.25) is 0 Å². The van der Waals surface area contributed by atoms with Crippen LogP contribution in [-0.2, 0) is 11.2 Å². The topological polar surface area (TPSA) is 55.1 Å². The SMILES string of the molecule is Cc1ccc(CCC(=O)Nc2ccc(-c3ccc(F)cc3)cn2)o1. The first kappa shape index (κ1) is 15.9. The van der Waals surface area contributed by atoms with Crippen molar-refractivity contribution in [1.29, 1.82) is 0 Å². The summed E-state index contributed by atoms with van der Waals surface area (Å²) in [6.45, 7) is 1.87. The van der Waals surface area contributed by atoms with Crippen molar-refractivity contribution in [3.63, 3.8) is 0 Å². The van der Waals surface area contributed by atoms with E-state index >= 15 is 0 Å². The molecular weight excluding hydrogens is 307 g/mol. The lowest BCUT2D eigenvalue weighted by Gasteiger charge is -2.06. The Hall–Kier alpha value is -2.95. The molecular formula is C19H17FN2O2. The van der Waals surface area contributed by atoms with E-state index in [-0.39, 0.29) is 11.7 Å². The average Bonchev–Trinajstić information content (AvgIpc) is 3.00. The fraction of sp³-hybridized carbons (Fsp3) is 0.158. The van der Waals surface area contributed by atoms with E-state index in [0.29, 0.717) is 18.7 Å². The molecule has 2 heterocycles. The van der Waals surface area contributed by atoms with Crippen LogP contribution in [0.4, 0.5) is 10.2 Å². The summed E-state index contributed by atoms with van der Waals surface area (Å²) in [6, 6.07) is 13.5. The van der Waals surface area contributed by atoms with Crippen LogP contribution in [0, 0.1) is 12.7 Å². The highest BCUT2D eigenvalue weighted by molar-refractivity contribution is 5.90. The van der Waals surface area contributed by atoms with E-state index in [1.54, 1.807) is 24.4 Å². The number of halogens is 1. The van der Waals surface area contributed by atoms with Gasteiger partial charge in [-0.2, -0.15) is 0 Å². The third-order valence-corrected chi connectivity index (χ3v) is 3.60. The molecule has 0 atom stereocenters. The highest BCUT2D eigenvalue weighted by atomic mass is 19.1. The second-order valence-corrected chi connectivity index (χ2v) is 5.50. The van der Waals surface area contributed by atoms with Crippen molar-refractivity contribution in [2.24, 2.45) is 0 Å². The number of amides is 1. The second-order valence-electron chi connectivity index (χ2n) is 5.50. The molecule has 0 saturated carbocycles. The number of aryl methyl sites for hydroxylation is 2. The zero-order valence-corrected chi connectivity index (χ0v) is 13.3. The predicted molar refractivity (Wildman–Crippen MR) is 90.0 cm³/mol. The van der Waals surface area contributed by atoms with Gasteiger partial charge in [0, 0.05) is 24.6 Å². The standard InChI is InChI=1S/C19H17FN2O2/c1-13-2-8-17(24-13)9-11-19(23)22-18-10-5-15(12-21-18)14-3-6-16(20)7-4-14/h2-8,10,12H,9,11H2,1H3,(H,21,22,23). The van der Waals surface area contributed by atoms with E-state index in [2.05, 4.69) is 10.3 Å². The van der Waals surface area contributed by atoms with Crippen LogP contribution in [0.3, 0.4) is 0 Å². The molecule has 1 amide bonds. The number of carbonyl (C=O) groups excluding carboxylic acids is 1. The molecule has 1 aromatic carbocycles. The van der Waals surface area contributed by atoms with Gasteiger partial charge >= 0.3 is 0 Å². The van der Waals surface area contributed by atoms with Gasteiger partial charge < -0.3 is 9.73 Å². The average molecular weight is 324 g/mol. The Morgan fingerprint density at radius 3 is 2.46 bits per heavy atom. The van der Waals surface area contributed by atoms with Crippen LogP contribution in [0.25, 0.3) is 11.1 Å². The molecule has 0 radical (unpaired) electrons. The third-order valence-electron chi connectivity index (χ3n) is 3.60. The number of pyridine rings is 1. The van der Waals surface area contributed by atoms with E-state index < -0.39 is 0 Å². The highest BCUT2D eigenvalue weighted by Gasteiger charge is 2.07. The van der Waals surface area contributed by atoms with Crippen LogP contribution in [0.5, 0.6) is 0 Å². The summed E-state index contributed by atoms with van der Waals surface area (Å²) >= 11 is 0. The molecule has 0 unspecified atom stereocenters. The molecule has 0 saturated heterocycles. The first-order valence-corrected chi connectivity index (χ1v) is 7.67. The smallest absolute Gasteiger partial charge is 0.225 e. The van der Waals surface area contributed by atoms with Gasteiger partial charge in [0.05, 0.1) is 0 Å². The Morgan fingerprint density at radius 1 is 1.08 bits per heavy atom. The predicted octanol–water partition coefficient (Wildman–Crippen LogP) is 4.36. The van der Waals surface area contributed by atoms with Crippen molar-refractivity contribution >= 4 is 11.7 Å².